The number of aliphatic imine (C=N–C) groups is 1. The fourth-order valence-electron chi connectivity index (χ4n) is 4.20. The second kappa shape index (κ2) is 10.9. The average molecular weight is 469 g/mol. The standard InChI is InChI=1S/C15H15N3O.C13H17N3/c16-13-3-1-2-12(14(13)19)10-4-6-11(7-5-10)15-17-8-9-18-15;1-9(14)13(15)8-16-12-6-5-10-3-2-4-11(10)7-12/h1-7,19H,8-9,16H2,(H,17,18);5-7,14-16H,2-4,8H2,1H3. The van der Waals surface area contributed by atoms with Gasteiger partial charge in [-0.05, 0) is 61.1 Å². The number of fused-ring (bicyclic) bond motifs is 1. The van der Waals surface area contributed by atoms with Gasteiger partial charge in [0.15, 0.2) is 0 Å². The largest absolute Gasteiger partial charge is 0.505 e. The van der Waals surface area contributed by atoms with Gasteiger partial charge in [0.2, 0.25) is 0 Å². The van der Waals surface area contributed by atoms with Crippen LogP contribution in [0.1, 0.15) is 30.0 Å². The van der Waals surface area contributed by atoms with Crippen molar-refractivity contribution in [1.29, 1.82) is 10.8 Å². The molecule has 0 atom stereocenters. The van der Waals surface area contributed by atoms with Gasteiger partial charge in [0.05, 0.1) is 30.2 Å². The minimum absolute atomic E-state index is 0.131. The van der Waals surface area contributed by atoms with E-state index in [1.54, 1.807) is 13.0 Å². The summed E-state index contributed by atoms with van der Waals surface area (Å²) < 4.78 is 0. The Balaban J connectivity index is 0.000000168. The lowest BCUT2D eigenvalue weighted by Gasteiger charge is -2.08. The molecule has 0 spiro atoms. The van der Waals surface area contributed by atoms with Crippen molar-refractivity contribution in [3.05, 3.63) is 77.4 Å². The van der Waals surface area contributed by atoms with Crippen LogP contribution in [0.15, 0.2) is 65.7 Å². The van der Waals surface area contributed by atoms with Gasteiger partial charge in [-0.1, -0.05) is 42.5 Å². The molecule has 180 valence electrons. The Bertz CT molecular complexity index is 1260. The number of nitrogens with zero attached hydrogens (tertiary/aromatic N) is 1. The molecule has 0 unspecified atom stereocenters. The third-order valence-corrected chi connectivity index (χ3v) is 6.23. The van der Waals surface area contributed by atoms with E-state index in [2.05, 4.69) is 33.8 Å². The molecular formula is C28H32N6O. The molecule has 3 aromatic carbocycles. The molecule has 0 saturated heterocycles. The van der Waals surface area contributed by atoms with Crippen LogP contribution in [-0.4, -0.2) is 42.0 Å². The molecular weight excluding hydrogens is 436 g/mol. The van der Waals surface area contributed by atoms with Crippen LogP contribution in [0, 0.1) is 10.8 Å². The number of phenols is 1. The predicted molar refractivity (Wildman–Crippen MR) is 145 cm³/mol. The van der Waals surface area contributed by atoms with E-state index in [0.29, 0.717) is 23.7 Å². The number of rotatable bonds is 6. The summed E-state index contributed by atoms with van der Waals surface area (Å²) >= 11 is 0. The number of aryl methyl sites for hydroxylation is 2. The van der Waals surface area contributed by atoms with Crippen LogP contribution in [0.2, 0.25) is 0 Å². The first-order valence-electron chi connectivity index (χ1n) is 11.9. The number of benzene rings is 3. The van der Waals surface area contributed by atoms with E-state index in [1.807, 2.05) is 36.4 Å². The summed E-state index contributed by atoms with van der Waals surface area (Å²) in [5, 5.41) is 31.3. The van der Waals surface area contributed by atoms with Crippen molar-refractivity contribution in [3.63, 3.8) is 0 Å². The third-order valence-electron chi connectivity index (χ3n) is 6.23. The van der Waals surface area contributed by atoms with Crippen molar-refractivity contribution in [1.82, 2.24) is 5.32 Å². The summed E-state index contributed by atoms with van der Waals surface area (Å²) in [5.74, 6) is 1.06. The van der Waals surface area contributed by atoms with E-state index in [9.17, 15) is 5.11 Å². The van der Waals surface area contributed by atoms with E-state index >= 15 is 0 Å². The molecule has 5 rings (SSSR count). The van der Waals surface area contributed by atoms with Crippen molar-refractivity contribution in [2.75, 3.05) is 30.7 Å². The minimum Gasteiger partial charge on any atom is -0.505 e. The number of phenolic OH excluding ortho intramolecular Hbond substituents is 1. The molecule has 0 aromatic heterocycles. The van der Waals surface area contributed by atoms with E-state index in [4.69, 9.17) is 16.6 Å². The van der Waals surface area contributed by atoms with Crippen LogP contribution in [0.4, 0.5) is 11.4 Å². The van der Waals surface area contributed by atoms with Crippen molar-refractivity contribution in [2.45, 2.75) is 26.2 Å². The summed E-state index contributed by atoms with van der Waals surface area (Å²) in [6, 6.07) is 19.7. The van der Waals surface area contributed by atoms with Crippen LogP contribution < -0.4 is 16.4 Å². The Morgan fingerprint density at radius 2 is 1.77 bits per heavy atom. The van der Waals surface area contributed by atoms with Crippen LogP contribution in [0.25, 0.3) is 11.1 Å². The zero-order valence-corrected chi connectivity index (χ0v) is 20.0. The van der Waals surface area contributed by atoms with Gasteiger partial charge in [-0.3, -0.25) is 4.99 Å². The second-order valence-corrected chi connectivity index (χ2v) is 8.77. The molecule has 1 aliphatic heterocycles. The fourth-order valence-corrected chi connectivity index (χ4v) is 4.20. The Kier molecular flexibility index (Phi) is 7.45. The van der Waals surface area contributed by atoms with E-state index < -0.39 is 0 Å². The highest BCUT2D eigenvalue weighted by atomic mass is 16.3. The number of hydrogen-bond donors (Lipinski definition) is 6. The molecule has 2 aliphatic rings. The highest BCUT2D eigenvalue weighted by Crippen LogP contribution is 2.33. The van der Waals surface area contributed by atoms with Gasteiger partial charge in [-0.2, -0.15) is 0 Å². The van der Waals surface area contributed by atoms with Gasteiger partial charge in [-0.15, -0.1) is 0 Å². The van der Waals surface area contributed by atoms with Crippen molar-refractivity contribution in [3.8, 4) is 16.9 Å². The average Bonchev–Trinajstić information content (AvgIpc) is 3.57. The van der Waals surface area contributed by atoms with Crippen molar-refractivity contribution >= 4 is 28.6 Å². The van der Waals surface area contributed by atoms with Crippen LogP contribution >= 0.6 is 0 Å². The maximum absolute atomic E-state index is 9.97. The molecule has 7 N–H and O–H groups in total. The van der Waals surface area contributed by atoms with Gasteiger partial charge in [0, 0.05) is 23.4 Å². The number of nitrogens with two attached hydrogens (primary N) is 1. The molecule has 0 saturated carbocycles. The Morgan fingerprint density at radius 3 is 2.49 bits per heavy atom. The first kappa shape index (κ1) is 24.0. The van der Waals surface area contributed by atoms with Crippen LogP contribution in [0.5, 0.6) is 5.75 Å². The molecule has 3 aromatic rings. The van der Waals surface area contributed by atoms with Gasteiger partial charge in [0.1, 0.15) is 11.6 Å². The molecule has 7 nitrogen and oxygen atoms in total. The summed E-state index contributed by atoms with van der Waals surface area (Å²) in [6.45, 7) is 3.81. The van der Waals surface area contributed by atoms with Gasteiger partial charge >= 0.3 is 0 Å². The summed E-state index contributed by atoms with van der Waals surface area (Å²) in [6.07, 6.45) is 3.63. The molecule has 7 heteroatoms. The Labute approximate surface area is 206 Å². The van der Waals surface area contributed by atoms with Crippen molar-refractivity contribution < 1.29 is 5.11 Å². The topological polar surface area (TPSA) is 130 Å². The van der Waals surface area contributed by atoms with E-state index in [-0.39, 0.29) is 5.75 Å². The lowest BCUT2D eigenvalue weighted by molar-refractivity contribution is 0.480. The first-order chi connectivity index (χ1) is 16.9. The highest BCUT2D eigenvalue weighted by Gasteiger charge is 2.11. The maximum Gasteiger partial charge on any atom is 0.146 e. The zero-order valence-electron chi connectivity index (χ0n) is 20.0. The smallest absolute Gasteiger partial charge is 0.146 e. The van der Waals surface area contributed by atoms with E-state index in [1.165, 1.54) is 30.4 Å². The molecule has 0 fully saturated rings. The van der Waals surface area contributed by atoms with Gasteiger partial charge < -0.3 is 32.3 Å². The van der Waals surface area contributed by atoms with Gasteiger partial charge in [0.25, 0.3) is 0 Å². The quantitative estimate of drug-likeness (QED) is 0.179. The second-order valence-electron chi connectivity index (χ2n) is 8.77. The lowest BCUT2D eigenvalue weighted by Crippen LogP contribution is -2.19. The molecule has 1 heterocycles. The van der Waals surface area contributed by atoms with E-state index in [0.717, 1.165) is 41.3 Å². The highest BCUT2D eigenvalue weighted by molar-refractivity contribution is 6.40. The molecule has 35 heavy (non-hydrogen) atoms. The lowest BCUT2D eigenvalue weighted by atomic mass is 10.0. The monoisotopic (exact) mass is 468 g/mol. The number of anilines is 2. The number of nitrogen functional groups attached to an aromatic ring is 1. The zero-order chi connectivity index (χ0) is 24.8. The predicted octanol–water partition coefficient (Wildman–Crippen LogP) is 4.64. The van der Waals surface area contributed by atoms with Crippen LogP contribution in [0.3, 0.4) is 0 Å². The minimum atomic E-state index is 0.131. The Morgan fingerprint density at radius 1 is 1.03 bits per heavy atom. The first-order valence-corrected chi connectivity index (χ1v) is 11.9. The summed E-state index contributed by atoms with van der Waals surface area (Å²) in [7, 11) is 0. The third kappa shape index (κ3) is 5.87. The molecule has 1 aliphatic carbocycles. The summed E-state index contributed by atoms with van der Waals surface area (Å²) in [4.78, 5) is 4.38. The maximum atomic E-state index is 9.97. The fraction of sp³-hybridized carbons (Fsp3) is 0.250. The summed E-state index contributed by atoms with van der Waals surface area (Å²) in [5.41, 5.74) is 13.5. The van der Waals surface area contributed by atoms with Crippen LogP contribution in [-0.2, 0) is 12.8 Å². The molecule has 0 radical (unpaired) electrons. The Hall–Kier alpha value is -4.13. The number of amidine groups is 1. The molecule has 0 bridgehead atoms. The SMILES string of the molecule is CC(=N)C(=N)CNc1ccc2c(c1)CCC2.Nc1cccc(-c2ccc(C3=NCCN3)cc2)c1O. The normalized spacial score (nSPS) is 13.7. The number of hydrogen-bond acceptors (Lipinski definition) is 7. The molecule has 0 amide bonds. The number of nitrogens with one attached hydrogen (secondary N) is 4. The number of aromatic hydroxyl groups is 1. The van der Waals surface area contributed by atoms with Gasteiger partial charge in [-0.25, -0.2) is 0 Å². The number of para-hydroxylation sites is 1. The van der Waals surface area contributed by atoms with Crippen molar-refractivity contribution in [2.24, 2.45) is 4.99 Å².